The molecule has 0 atom stereocenters. The van der Waals surface area contributed by atoms with Crippen LogP contribution in [0.5, 0.6) is 0 Å². The van der Waals surface area contributed by atoms with Crippen LogP contribution in [-0.2, 0) is 11.3 Å². The van der Waals surface area contributed by atoms with E-state index in [1.165, 1.54) is 5.56 Å². The highest BCUT2D eigenvalue weighted by atomic mass is 16.5. The molecule has 0 aliphatic carbocycles. The zero-order valence-corrected chi connectivity index (χ0v) is 10.5. The molecule has 0 saturated carbocycles. The number of hydrogen-bond acceptors (Lipinski definition) is 3. The third-order valence-electron chi connectivity index (χ3n) is 2.18. The summed E-state index contributed by atoms with van der Waals surface area (Å²) in [6.45, 7) is 9.68. The second-order valence-corrected chi connectivity index (χ2v) is 4.45. The summed E-state index contributed by atoms with van der Waals surface area (Å²) in [5.41, 5.74) is 2.28. The quantitative estimate of drug-likeness (QED) is 0.718. The largest absolute Gasteiger partial charge is 0.380 e. The summed E-state index contributed by atoms with van der Waals surface area (Å²) >= 11 is 0. The molecule has 1 N–H and O–H groups in total. The fourth-order valence-electron chi connectivity index (χ4n) is 1.30. The Hall–Kier alpha value is -0.930. The first-order valence-electron chi connectivity index (χ1n) is 5.88. The number of rotatable bonds is 7. The second-order valence-electron chi connectivity index (χ2n) is 4.45. The molecule has 0 aliphatic rings. The van der Waals surface area contributed by atoms with E-state index >= 15 is 0 Å². The summed E-state index contributed by atoms with van der Waals surface area (Å²) in [5, 5.41) is 3.33. The van der Waals surface area contributed by atoms with Crippen LogP contribution in [0.2, 0.25) is 0 Å². The molecule has 1 aromatic rings. The third kappa shape index (κ3) is 5.83. The topological polar surface area (TPSA) is 34.1 Å². The lowest BCUT2D eigenvalue weighted by Gasteiger charge is -2.08. The highest BCUT2D eigenvalue weighted by Gasteiger charge is 1.95. The lowest BCUT2D eigenvalue weighted by atomic mass is 10.2. The molecule has 0 saturated heterocycles. The Morgan fingerprint density at radius 2 is 2.19 bits per heavy atom. The molecule has 1 rings (SSSR count). The molecule has 0 fully saturated rings. The van der Waals surface area contributed by atoms with Crippen LogP contribution in [0.15, 0.2) is 18.3 Å². The molecule has 0 spiro atoms. The highest BCUT2D eigenvalue weighted by molar-refractivity contribution is 5.12. The molecule has 0 radical (unpaired) electrons. The fraction of sp³-hybridized carbons (Fsp3) is 0.615. The molecule has 3 heteroatoms. The summed E-state index contributed by atoms with van der Waals surface area (Å²) in [5.74, 6) is 0.612. The van der Waals surface area contributed by atoms with Crippen molar-refractivity contribution < 1.29 is 4.74 Å². The molecule has 1 heterocycles. The maximum Gasteiger partial charge on any atom is 0.0591 e. The van der Waals surface area contributed by atoms with Crippen molar-refractivity contribution in [3.8, 4) is 0 Å². The third-order valence-corrected chi connectivity index (χ3v) is 2.18. The predicted octanol–water partition coefficient (Wildman–Crippen LogP) is 2.15. The van der Waals surface area contributed by atoms with Gasteiger partial charge in [0.2, 0.25) is 0 Å². The van der Waals surface area contributed by atoms with Crippen LogP contribution >= 0.6 is 0 Å². The summed E-state index contributed by atoms with van der Waals surface area (Å²) in [6, 6.07) is 4.14. The van der Waals surface area contributed by atoms with Gasteiger partial charge in [-0.3, -0.25) is 4.98 Å². The van der Waals surface area contributed by atoms with Gasteiger partial charge < -0.3 is 10.1 Å². The molecule has 0 aromatic carbocycles. The van der Waals surface area contributed by atoms with Crippen LogP contribution in [0.4, 0.5) is 0 Å². The number of nitrogens with zero attached hydrogens (tertiary/aromatic N) is 1. The molecule has 90 valence electrons. The number of nitrogens with one attached hydrogen (secondary N) is 1. The Balaban J connectivity index is 2.05. The van der Waals surface area contributed by atoms with Crippen LogP contribution in [0.3, 0.4) is 0 Å². The Kier molecular flexibility index (Phi) is 6.04. The van der Waals surface area contributed by atoms with E-state index in [9.17, 15) is 0 Å². The summed E-state index contributed by atoms with van der Waals surface area (Å²) < 4.78 is 5.47. The van der Waals surface area contributed by atoms with E-state index < -0.39 is 0 Å². The summed E-state index contributed by atoms with van der Waals surface area (Å²) in [6.07, 6.45) is 1.91. The summed E-state index contributed by atoms with van der Waals surface area (Å²) in [7, 11) is 0. The Bertz CT molecular complexity index is 282. The molecule has 0 aliphatic heterocycles. The van der Waals surface area contributed by atoms with Gasteiger partial charge in [0.1, 0.15) is 0 Å². The monoisotopic (exact) mass is 222 g/mol. The minimum absolute atomic E-state index is 0.612. The van der Waals surface area contributed by atoms with Crippen molar-refractivity contribution in [1.82, 2.24) is 10.3 Å². The van der Waals surface area contributed by atoms with Gasteiger partial charge >= 0.3 is 0 Å². The summed E-state index contributed by atoms with van der Waals surface area (Å²) in [4.78, 5) is 4.25. The zero-order valence-electron chi connectivity index (χ0n) is 10.5. The van der Waals surface area contributed by atoms with E-state index in [0.29, 0.717) is 5.92 Å². The first kappa shape index (κ1) is 13.1. The Morgan fingerprint density at radius 1 is 1.38 bits per heavy atom. The van der Waals surface area contributed by atoms with Crippen molar-refractivity contribution in [1.29, 1.82) is 0 Å². The Labute approximate surface area is 98.2 Å². The lowest BCUT2D eigenvalue weighted by Crippen LogP contribution is -2.20. The van der Waals surface area contributed by atoms with Gasteiger partial charge in [-0.25, -0.2) is 0 Å². The van der Waals surface area contributed by atoms with E-state index in [2.05, 4.69) is 30.2 Å². The van der Waals surface area contributed by atoms with E-state index in [4.69, 9.17) is 4.74 Å². The number of pyridine rings is 1. The molecule has 16 heavy (non-hydrogen) atoms. The maximum atomic E-state index is 5.47. The van der Waals surface area contributed by atoms with Crippen molar-refractivity contribution >= 4 is 0 Å². The average Bonchev–Trinajstić information content (AvgIpc) is 2.25. The van der Waals surface area contributed by atoms with Gasteiger partial charge in [0.15, 0.2) is 0 Å². The van der Waals surface area contributed by atoms with Crippen molar-refractivity contribution in [3.63, 3.8) is 0 Å². The van der Waals surface area contributed by atoms with Gasteiger partial charge in [0, 0.05) is 31.6 Å². The van der Waals surface area contributed by atoms with Crippen LogP contribution in [0.1, 0.15) is 25.1 Å². The molecule has 0 unspecified atom stereocenters. The first-order valence-corrected chi connectivity index (χ1v) is 5.88. The van der Waals surface area contributed by atoms with Crippen LogP contribution in [0.25, 0.3) is 0 Å². The molecule has 3 nitrogen and oxygen atoms in total. The van der Waals surface area contributed by atoms with Gasteiger partial charge in [-0.15, -0.1) is 0 Å². The van der Waals surface area contributed by atoms with Crippen LogP contribution < -0.4 is 5.32 Å². The van der Waals surface area contributed by atoms with Crippen molar-refractivity contribution in [2.24, 2.45) is 5.92 Å². The van der Waals surface area contributed by atoms with Gasteiger partial charge in [-0.1, -0.05) is 19.9 Å². The van der Waals surface area contributed by atoms with E-state index in [0.717, 1.165) is 32.0 Å². The van der Waals surface area contributed by atoms with Gasteiger partial charge in [0.25, 0.3) is 0 Å². The van der Waals surface area contributed by atoms with Crippen LogP contribution in [-0.4, -0.2) is 24.7 Å². The smallest absolute Gasteiger partial charge is 0.0591 e. The first-order chi connectivity index (χ1) is 7.68. The SMILES string of the molecule is Cc1ccc(CNCCOCC(C)C)cn1. The fourth-order valence-corrected chi connectivity index (χ4v) is 1.30. The molecule has 1 aromatic heterocycles. The standard InChI is InChI=1S/C13H22N2O/c1-11(2)10-16-7-6-14-8-13-5-4-12(3)15-9-13/h4-5,9,11,14H,6-8,10H2,1-3H3. The average molecular weight is 222 g/mol. The molecular weight excluding hydrogens is 200 g/mol. The number of aromatic nitrogens is 1. The second kappa shape index (κ2) is 7.36. The number of hydrogen-bond donors (Lipinski definition) is 1. The van der Waals surface area contributed by atoms with E-state index in [-0.39, 0.29) is 0 Å². The molecular formula is C13H22N2O. The van der Waals surface area contributed by atoms with Gasteiger partial charge in [0.05, 0.1) is 6.61 Å². The maximum absolute atomic E-state index is 5.47. The number of aryl methyl sites for hydroxylation is 1. The minimum atomic E-state index is 0.612. The van der Waals surface area contributed by atoms with Gasteiger partial charge in [-0.2, -0.15) is 0 Å². The van der Waals surface area contributed by atoms with E-state index in [1.54, 1.807) is 0 Å². The Morgan fingerprint density at radius 3 is 2.81 bits per heavy atom. The normalized spacial score (nSPS) is 11.0. The number of ether oxygens (including phenoxy) is 1. The zero-order chi connectivity index (χ0) is 11.8. The van der Waals surface area contributed by atoms with Crippen molar-refractivity contribution in [2.45, 2.75) is 27.3 Å². The lowest BCUT2D eigenvalue weighted by molar-refractivity contribution is 0.111. The van der Waals surface area contributed by atoms with Crippen molar-refractivity contribution in [3.05, 3.63) is 29.6 Å². The van der Waals surface area contributed by atoms with Crippen LogP contribution in [0, 0.1) is 12.8 Å². The highest BCUT2D eigenvalue weighted by Crippen LogP contribution is 1.98. The van der Waals surface area contributed by atoms with Crippen molar-refractivity contribution in [2.75, 3.05) is 19.8 Å². The predicted molar refractivity (Wildman–Crippen MR) is 66.3 cm³/mol. The minimum Gasteiger partial charge on any atom is -0.380 e. The molecule has 0 bridgehead atoms. The molecule has 0 amide bonds. The van der Waals surface area contributed by atoms with Gasteiger partial charge in [-0.05, 0) is 24.5 Å². The van der Waals surface area contributed by atoms with E-state index in [1.807, 2.05) is 19.2 Å².